The first-order chi connectivity index (χ1) is 6.72. The molecular weight excluding hydrogens is 188 g/mol. The van der Waals surface area contributed by atoms with E-state index < -0.39 is 11.9 Å². The number of hydrogen-bond donors (Lipinski definition) is 0. The van der Waals surface area contributed by atoms with Crippen LogP contribution in [-0.2, 0) is 4.74 Å². The molecule has 0 saturated carbocycles. The number of hydrogen-bond acceptors (Lipinski definition) is 2. The Morgan fingerprint density at radius 2 is 2.21 bits per heavy atom. The number of rotatable bonds is 1. The molecule has 1 unspecified atom stereocenters. The number of methoxy groups -OCH3 is 1. The molecule has 0 aromatic carbocycles. The van der Waals surface area contributed by atoms with Crippen LogP contribution in [0.1, 0.15) is 6.42 Å². The van der Waals surface area contributed by atoms with Gasteiger partial charge in [-0.25, -0.2) is 9.38 Å². The van der Waals surface area contributed by atoms with Crippen LogP contribution in [0, 0.1) is 5.92 Å². The Kier molecular flexibility index (Phi) is 2.19. The molecule has 4 heteroatoms. The maximum atomic E-state index is 13.2. The lowest BCUT2D eigenvalue weighted by molar-refractivity contribution is 0.290. The van der Waals surface area contributed by atoms with Gasteiger partial charge in [-0.05, 0) is 6.08 Å². The molecule has 0 amide bonds. The van der Waals surface area contributed by atoms with Gasteiger partial charge >= 0.3 is 0 Å². The second-order valence-corrected chi connectivity index (χ2v) is 3.14. The highest BCUT2D eigenvalue weighted by Crippen LogP contribution is 2.35. The predicted octanol–water partition coefficient (Wildman–Crippen LogP) is 2.66. The minimum Gasteiger partial charge on any atom is -0.495 e. The average molecular weight is 197 g/mol. The van der Waals surface area contributed by atoms with E-state index in [4.69, 9.17) is 4.74 Å². The Bertz CT molecular complexity index is 380. The van der Waals surface area contributed by atoms with Crippen LogP contribution in [0.4, 0.5) is 8.78 Å². The van der Waals surface area contributed by atoms with E-state index in [0.717, 1.165) is 0 Å². The van der Waals surface area contributed by atoms with Crippen molar-refractivity contribution < 1.29 is 13.5 Å². The second-order valence-electron chi connectivity index (χ2n) is 3.14. The zero-order valence-electron chi connectivity index (χ0n) is 7.63. The Morgan fingerprint density at radius 1 is 1.43 bits per heavy atom. The van der Waals surface area contributed by atoms with Crippen molar-refractivity contribution in [3.05, 3.63) is 35.5 Å². The van der Waals surface area contributed by atoms with Crippen LogP contribution in [0.2, 0.25) is 0 Å². The number of aliphatic imine (C=N–C) groups is 1. The highest BCUT2D eigenvalue weighted by molar-refractivity contribution is 5.84. The molecule has 1 aliphatic heterocycles. The summed E-state index contributed by atoms with van der Waals surface area (Å²) in [6.45, 7) is 0. The van der Waals surface area contributed by atoms with Gasteiger partial charge in [0.1, 0.15) is 11.6 Å². The summed E-state index contributed by atoms with van der Waals surface area (Å²) in [6.07, 6.45) is 4.21. The lowest BCUT2D eigenvalue weighted by Crippen LogP contribution is -2.20. The maximum Gasteiger partial charge on any atom is 0.197 e. The summed E-state index contributed by atoms with van der Waals surface area (Å²) in [6, 6.07) is 0. The molecule has 74 valence electrons. The van der Waals surface area contributed by atoms with Gasteiger partial charge in [-0.3, -0.25) is 0 Å². The fourth-order valence-corrected chi connectivity index (χ4v) is 1.59. The van der Waals surface area contributed by atoms with Gasteiger partial charge in [-0.15, -0.1) is 0 Å². The fourth-order valence-electron chi connectivity index (χ4n) is 1.59. The molecule has 0 aromatic rings. The summed E-state index contributed by atoms with van der Waals surface area (Å²) in [5.74, 6) is -0.998. The molecule has 2 rings (SSSR count). The van der Waals surface area contributed by atoms with Crippen LogP contribution >= 0.6 is 0 Å². The normalized spacial score (nSPS) is 25.5. The Hall–Kier alpha value is -1.45. The van der Waals surface area contributed by atoms with Crippen LogP contribution < -0.4 is 0 Å². The molecule has 1 heterocycles. The quantitative estimate of drug-likeness (QED) is 0.633. The van der Waals surface area contributed by atoms with E-state index in [0.29, 0.717) is 11.3 Å². The Balaban J connectivity index is 2.42. The van der Waals surface area contributed by atoms with Crippen molar-refractivity contribution in [1.82, 2.24) is 0 Å². The van der Waals surface area contributed by atoms with Crippen molar-refractivity contribution in [2.24, 2.45) is 10.9 Å². The molecule has 2 nitrogen and oxygen atoms in total. The monoisotopic (exact) mass is 197 g/mol. The van der Waals surface area contributed by atoms with E-state index in [1.54, 1.807) is 0 Å². The van der Waals surface area contributed by atoms with Crippen molar-refractivity contribution in [2.75, 3.05) is 7.11 Å². The van der Waals surface area contributed by atoms with Crippen LogP contribution in [-0.4, -0.2) is 13.1 Å². The first kappa shape index (κ1) is 9.12. The van der Waals surface area contributed by atoms with Gasteiger partial charge < -0.3 is 4.74 Å². The predicted molar refractivity (Wildman–Crippen MR) is 49.0 cm³/mol. The summed E-state index contributed by atoms with van der Waals surface area (Å²) in [5.41, 5.74) is 0.654. The third-order valence-electron chi connectivity index (χ3n) is 2.32. The summed E-state index contributed by atoms with van der Waals surface area (Å²) >= 11 is 0. The zero-order valence-corrected chi connectivity index (χ0v) is 7.63. The highest BCUT2D eigenvalue weighted by Gasteiger charge is 2.30. The number of nitrogens with zero attached hydrogens (tertiary/aromatic N) is 1. The highest BCUT2D eigenvalue weighted by atomic mass is 19.1. The van der Waals surface area contributed by atoms with E-state index >= 15 is 0 Å². The number of halogens is 2. The SMILES string of the molecule is COC1=CN=C(F)C2CC(F)=CC=C12. The standard InChI is InChI=1S/C10H9F2NO/c1-14-9-5-13-10(12)8-4-6(11)2-3-7(8)9/h2-3,5,8H,4H2,1H3. The van der Waals surface area contributed by atoms with Gasteiger partial charge in [-0.1, -0.05) is 6.08 Å². The smallest absolute Gasteiger partial charge is 0.197 e. The minimum atomic E-state index is -0.611. The number of fused-ring (bicyclic) bond motifs is 1. The van der Waals surface area contributed by atoms with Crippen LogP contribution in [0.15, 0.2) is 40.5 Å². The van der Waals surface area contributed by atoms with Crippen LogP contribution in [0.5, 0.6) is 0 Å². The van der Waals surface area contributed by atoms with Gasteiger partial charge in [0, 0.05) is 12.0 Å². The summed E-state index contributed by atoms with van der Waals surface area (Å²) in [4.78, 5) is 3.53. The molecule has 1 atom stereocenters. The molecule has 0 bridgehead atoms. The van der Waals surface area contributed by atoms with Gasteiger partial charge in [0.15, 0.2) is 5.97 Å². The van der Waals surface area contributed by atoms with E-state index in [9.17, 15) is 8.78 Å². The van der Waals surface area contributed by atoms with Crippen molar-refractivity contribution >= 4 is 5.97 Å². The summed E-state index contributed by atoms with van der Waals surface area (Å²) in [5, 5.41) is 0. The maximum absolute atomic E-state index is 13.2. The van der Waals surface area contributed by atoms with Crippen molar-refractivity contribution in [3.63, 3.8) is 0 Å². The van der Waals surface area contributed by atoms with E-state index in [2.05, 4.69) is 4.99 Å². The Morgan fingerprint density at radius 3 is 2.93 bits per heavy atom. The second kappa shape index (κ2) is 3.36. The van der Waals surface area contributed by atoms with E-state index in [1.165, 1.54) is 25.5 Å². The van der Waals surface area contributed by atoms with Crippen LogP contribution in [0.3, 0.4) is 0 Å². The van der Waals surface area contributed by atoms with Crippen molar-refractivity contribution in [2.45, 2.75) is 6.42 Å². The molecule has 1 aliphatic carbocycles. The summed E-state index contributed by atoms with van der Waals surface area (Å²) < 4.78 is 31.1. The average Bonchev–Trinajstić information content (AvgIpc) is 2.19. The topological polar surface area (TPSA) is 21.6 Å². The fraction of sp³-hybridized carbons (Fsp3) is 0.300. The lowest BCUT2D eigenvalue weighted by Gasteiger charge is -2.23. The first-order valence-corrected chi connectivity index (χ1v) is 4.26. The van der Waals surface area contributed by atoms with Crippen LogP contribution in [0.25, 0.3) is 0 Å². The molecule has 0 spiro atoms. The van der Waals surface area contributed by atoms with Crippen molar-refractivity contribution in [3.8, 4) is 0 Å². The first-order valence-electron chi connectivity index (χ1n) is 4.26. The Labute approximate surface area is 80.3 Å². The number of allylic oxidation sites excluding steroid dienone is 4. The van der Waals surface area contributed by atoms with E-state index in [-0.39, 0.29) is 12.2 Å². The molecule has 2 aliphatic rings. The van der Waals surface area contributed by atoms with Crippen molar-refractivity contribution in [1.29, 1.82) is 0 Å². The van der Waals surface area contributed by atoms with Gasteiger partial charge in [0.2, 0.25) is 0 Å². The third-order valence-corrected chi connectivity index (χ3v) is 2.32. The zero-order chi connectivity index (χ0) is 10.1. The van der Waals surface area contributed by atoms with Gasteiger partial charge in [-0.2, -0.15) is 4.39 Å². The molecule has 0 N–H and O–H groups in total. The van der Waals surface area contributed by atoms with Gasteiger partial charge in [0.25, 0.3) is 0 Å². The molecule has 0 aromatic heterocycles. The third kappa shape index (κ3) is 1.36. The molecule has 0 radical (unpaired) electrons. The molecule has 14 heavy (non-hydrogen) atoms. The number of ether oxygens (including phenoxy) is 1. The molecule has 0 saturated heterocycles. The minimum absolute atomic E-state index is 0.0296. The largest absolute Gasteiger partial charge is 0.495 e. The van der Waals surface area contributed by atoms with E-state index in [1.807, 2.05) is 0 Å². The molecular formula is C10H9F2NO. The summed E-state index contributed by atoms with van der Waals surface area (Å²) in [7, 11) is 1.48. The molecule has 0 fully saturated rings. The lowest BCUT2D eigenvalue weighted by atomic mass is 9.88. The van der Waals surface area contributed by atoms with Gasteiger partial charge in [0.05, 0.1) is 19.2 Å².